The lowest BCUT2D eigenvalue weighted by Gasteiger charge is -2.44. The Hall–Kier alpha value is -2.47. The summed E-state index contributed by atoms with van der Waals surface area (Å²) >= 11 is 0. The lowest BCUT2D eigenvalue weighted by atomic mass is 9.97. The fourth-order valence-corrected chi connectivity index (χ4v) is 4.92. The Morgan fingerprint density at radius 2 is 1.87 bits per heavy atom. The lowest BCUT2D eigenvalue weighted by molar-refractivity contribution is -0.141. The summed E-state index contributed by atoms with van der Waals surface area (Å²) in [7, 11) is 0. The number of pyridine rings is 1. The summed E-state index contributed by atoms with van der Waals surface area (Å²) in [5.41, 5.74) is 1.59. The molecule has 158 valence electrons. The van der Waals surface area contributed by atoms with Crippen LogP contribution in [0.15, 0.2) is 36.5 Å². The molecule has 0 bridgehead atoms. The van der Waals surface area contributed by atoms with E-state index in [1.54, 1.807) is 6.20 Å². The van der Waals surface area contributed by atoms with Crippen LogP contribution in [0.3, 0.4) is 0 Å². The zero-order valence-electron chi connectivity index (χ0n) is 17.3. The largest absolute Gasteiger partial charge is 0.381 e. The molecule has 1 unspecified atom stereocenters. The number of likely N-dealkylation sites (tertiary alicyclic amines) is 1. The van der Waals surface area contributed by atoms with Gasteiger partial charge >= 0.3 is 0 Å². The molecule has 30 heavy (non-hydrogen) atoms. The Morgan fingerprint density at radius 3 is 2.67 bits per heavy atom. The Morgan fingerprint density at radius 1 is 1.03 bits per heavy atom. The van der Waals surface area contributed by atoms with Gasteiger partial charge in [0.1, 0.15) is 0 Å². The van der Waals surface area contributed by atoms with Crippen molar-refractivity contribution >= 4 is 22.7 Å². The number of ether oxygens (including phenoxy) is 1. The second kappa shape index (κ2) is 8.34. The van der Waals surface area contributed by atoms with Gasteiger partial charge in [0.25, 0.3) is 5.91 Å². The van der Waals surface area contributed by atoms with Crippen LogP contribution >= 0.6 is 0 Å². The van der Waals surface area contributed by atoms with Gasteiger partial charge in [0, 0.05) is 61.5 Å². The van der Waals surface area contributed by atoms with Crippen LogP contribution in [0.1, 0.15) is 48.9 Å². The van der Waals surface area contributed by atoms with Gasteiger partial charge in [0.05, 0.1) is 5.52 Å². The predicted octanol–water partition coefficient (Wildman–Crippen LogP) is 3.26. The number of hydrogen-bond donors (Lipinski definition) is 0. The summed E-state index contributed by atoms with van der Waals surface area (Å²) in [4.78, 5) is 34.9. The maximum absolute atomic E-state index is 13.3. The average Bonchev–Trinajstić information content (AvgIpc) is 3.65. The van der Waals surface area contributed by atoms with Crippen molar-refractivity contribution in [2.75, 3.05) is 26.3 Å². The summed E-state index contributed by atoms with van der Waals surface area (Å²) in [5, 5.41) is 0.977. The summed E-state index contributed by atoms with van der Waals surface area (Å²) in [6, 6.07) is 9.95. The molecular formula is C24H29N3O3. The van der Waals surface area contributed by atoms with E-state index in [0.717, 1.165) is 69.2 Å². The molecule has 0 spiro atoms. The van der Waals surface area contributed by atoms with Crippen LogP contribution in [-0.2, 0) is 9.53 Å². The van der Waals surface area contributed by atoms with Gasteiger partial charge in [0.2, 0.25) is 5.91 Å². The Labute approximate surface area is 177 Å². The van der Waals surface area contributed by atoms with Gasteiger partial charge in [0.15, 0.2) is 0 Å². The molecule has 5 rings (SSSR count). The molecule has 2 aromatic rings. The fourth-order valence-electron chi connectivity index (χ4n) is 4.92. The van der Waals surface area contributed by atoms with Gasteiger partial charge in [-0.05, 0) is 62.8 Å². The highest BCUT2D eigenvalue weighted by molar-refractivity contribution is 5.98. The van der Waals surface area contributed by atoms with Crippen LogP contribution in [0, 0.1) is 5.92 Å². The van der Waals surface area contributed by atoms with Gasteiger partial charge in [-0.2, -0.15) is 0 Å². The van der Waals surface area contributed by atoms with E-state index < -0.39 is 0 Å². The van der Waals surface area contributed by atoms with Crippen LogP contribution in [-0.4, -0.2) is 65.0 Å². The first-order valence-electron chi connectivity index (χ1n) is 11.2. The molecule has 2 aliphatic heterocycles. The zero-order chi connectivity index (χ0) is 20.5. The van der Waals surface area contributed by atoms with Gasteiger partial charge in [-0.3, -0.25) is 14.6 Å². The molecule has 1 aliphatic carbocycles. The summed E-state index contributed by atoms with van der Waals surface area (Å²) in [6.07, 6.45) is 7.50. The van der Waals surface area contributed by atoms with Gasteiger partial charge in [-0.1, -0.05) is 6.07 Å². The van der Waals surface area contributed by atoms with E-state index in [0.29, 0.717) is 18.0 Å². The highest BCUT2D eigenvalue weighted by Gasteiger charge is 2.41. The Bertz CT molecular complexity index is 936. The topological polar surface area (TPSA) is 62.7 Å². The number of carbonyl (C=O) groups is 2. The molecule has 3 fully saturated rings. The van der Waals surface area contributed by atoms with E-state index in [-0.39, 0.29) is 23.9 Å². The third-order valence-corrected chi connectivity index (χ3v) is 6.69. The lowest BCUT2D eigenvalue weighted by Crippen LogP contribution is -2.56. The SMILES string of the molecule is O=C(c1ccc2ncccc2c1)N1CCCC(N(C(=O)C2CC2)C2CCOCC2)C1. The van der Waals surface area contributed by atoms with Crippen LogP contribution in [0.25, 0.3) is 10.9 Å². The Balaban J connectivity index is 1.35. The second-order valence-corrected chi connectivity index (χ2v) is 8.82. The van der Waals surface area contributed by atoms with Crippen LogP contribution in [0.4, 0.5) is 0 Å². The number of hydrogen-bond acceptors (Lipinski definition) is 4. The third-order valence-electron chi connectivity index (χ3n) is 6.69. The first-order chi connectivity index (χ1) is 14.7. The summed E-state index contributed by atoms with van der Waals surface area (Å²) < 4.78 is 5.54. The van der Waals surface area contributed by atoms with E-state index in [1.165, 1.54) is 0 Å². The molecular weight excluding hydrogens is 378 g/mol. The summed E-state index contributed by atoms with van der Waals surface area (Å²) in [6.45, 7) is 2.82. The quantitative estimate of drug-likeness (QED) is 0.781. The zero-order valence-corrected chi connectivity index (χ0v) is 17.3. The highest BCUT2D eigenvalue weighted by Crippen LogP contribution is 2.35. The molecule has 1 aromatic carbocycles. The first-order valence-corrected chi connectivity index (χ1v) is 11.2. The maximum atomic E-state index is 13.3. The third kappa shape index (κ3) is 3.93. The van der Waals surface area contributed by atoms with Crippen molar-refractivity contribution in [1.82, 2.24) is 14.8 Å². The van der Waals surface area contributed by atoms with E-state index in [2.05, 4.69) is 9.88 Å². The first kappa shape index (κ1) is 19.5. The fraction of sp³-hybridized carbons (Fsp3) is 0.542. The molecule has 0 N–H and O–H groups in total. The number of aromatic nitrogens is 1. The molecule has 3 aliphatic rings. The molecule has 6 heteroatoms. The van der Waals surface area contributed by atoms with Crippen LogP contribution in [0.5, 0.6) is 0 Å². The molecule has 2 amide bonds. The highest BCUT2D eigenvalue weighted by atomic mass is 16.5. The Kier molecular flexibility index (Phi) is 5.42. The van der Waals surface area contributed by atoms with E-state index in [9.17, 15) is 9.59 Å². The van der Waals surface area contributed by atoms with Crippen molar-refractivity contribution in [3.05, 3.63) is 42.1 Å². The minimum Gasteiger partial charge on any atom is -0.381 e. The second-order valence-electron chi connectivity index (χ2n) is 8.82. The monoisotopic (exact) mass is 407 g/mol. The van der Waals surface area contributed by atoms with Crippen LogP contribution in [0.2, 0.25) is 0 Å². The standard InChI is InChI=1S/C24H29N3O3/c28-23(19-7-8-22-18(15-19)3-1-11-25-22)26-12-2-4-21(16-26)27(24(29)17-5-6-17)20-9-13-30-14-10-20/h1,3,7-8,11,15,17,20-21H,2,4-6,9-10,12-14,16H2. The number of benzene rings is 1. The van der Waals surface area contributed by atoms with Gasteiger partial charge in [-0.15, -0.1) is 0 Å². The molecule has 1 aromatic heterocycles. The van der Waals surface area contributed by atoms with Crippen molar-refractivity contribution in [3.8, 4) is 0 Å². The normalized spacial score (nSPS) is 22.8. The van der Waals surface area contributed by atoms with Gasteiger partial charge < -0.3 is 14.5 Å². The van der Waals surface area contributed by atoms with E-state index in [1.807, 2.05) is 35.2 Å². The summed E-state index contributed by atoms with van der Waals surface area (Å²) in [5.74, 6) is 0.557. The van der Waals surface area contributed by atoms with Crippen molar-refractivity contribution < 1.29 is 14.3 Å². The number of carbonyl (C=O) groups excluding carboxylic acids is 2. The predicted molar refractivity (Wildman–Crippen MR) is 114 cm³/mol. The number of fused-ring (bicyclic) bond motifs is 1. The molecule has 6 nitrogen and oxygen atoms in total. The van der Waals surface area contributed by atoms with Crippen molar-refractivity contribution in [3.63, 3.8) is 0 Å². The van der Waals surface area contributed by atoms with Crippen molar-refractivity contribution in [2.45, 2.75) is 50.6 Å². The molecule has 1 atom stereocenters. The number of rotatable bonds is 4. The van der Waals surface area contributed by atoms with Crippen LogP contribution < -0.4 is 0 Å². The molecule has 2 saturated heterocycles. The minimum atomic E-state index is 0.0521. The average molecular weight is 408 g/mol. The van der Waals surface area contributed by atoms with Crippen molar-refractivity contribution in [2.24, 2.45) is 5.92 Å². The van der Waals surface area contributed by atoms with Crippen molar-refractivity contribution in [1.29, 1.82) is 0 Å². The number of piperidine rings is 1. The van der Waals surface area contributed by atoms with E-state index >= 15 is 0 Å². The number of nitrogens with zero attached hydrogens (tertiary/aromatic N) is 3. The maximum Gasteiger partial charge on any atom is 0.253 e. The smallest absolute Gasteiger partial charge is 0.253 e. The molecule has 1 saturated carbocycles. The van der Waals surface area contributed by atoms with E-state index in [4.69, 9.17) is 4.74 Å². The van der Waals surface area contributed by atoms with Gasteiger partial charge in [-0.25, -0.2) is 0 Å². The molecule has 3 heterocycles. The molecule has 0 radical (unpaired) electrons. The number of amides is 2. The minimum absolute atomic E-state index is 0.0521.